The highest BCUT2D eigenvalue weighted by atomic mass is 32.2. The summed E-state index contributed by atoms with van der Waals surface area (Å²) in [7, 11) is 1.63. The van der Waals surface area contributed by atoms with Gasteiger partial charge in [-0.3, -0.25) is 4.79 Å². The highest BCUT2D eigenvalue weighted by Crippen LogP contribution is 2.34. The molecule has 2 aromatic rings. The number of nitrogens with zero attached hydrogens (tertiary/aromatic N) is 1. The fraction of sp³-hybridized carbons (Fsp3) is 0.222. The van der Waals surface area contributed by atoms with Gasteiger partial charge in [-0.1, -0.05) is 59.9 Å². The van der Waals surface area contributed by atoms with Crippen molar-refractivity contribution in [1.29, 1.82) is 0 Å². The van der Waals surface area contributed by atoms with Gasteiger partial charge < -0.3 is 10.1 Å². The number of ether oxygens (including phenoxy) is 1. The number of methoxy groups -OCH3 is 1. The summed E-state index contributed by atoms with van der Waals surface area (Å²) in [5.74, 6) is 2.05. The van der Waals surface area contributed by atoms with Crippen molar-refractivity contribution in [3.63, 3.8) is 0 Å². The van der Waals surface area contributed by atoms with Crippen molar-refractivity contribution in [1.82, 2.24) is 5.32 Å². The standard InChI is InChI=1S/C18H18N2O2S2/c1-22-16-9-5-3-6-13(16)10-19-17(21)12-24-18-20-15-8-4-2-7-14(15)11-23-18/h2-9H,10-12H2,1H3,(H,19,21). The predicted octanol–water partition coefficient (Wildman–Crippen LogP) is 3.98. The quantitative estimate of drug-likeness (QED) is 0.878. The van der Waals surface area contributed by atoms with Crippen molar-refractivity contribution in [2.45, 2.75) is 12.3 Å². The molecule has 0 saturated heterocycles. The Balaban J connectivity index is 1.51. The number of carbonyl (C=O) groups is 1. The molecule has 0 unspecified atom stereocenters. The van der Waals surface area contributed by atoms with Gasteiger partial charge in [0.15, 0.2) is 0 Å². The van der Waals surface area contributed by atoms with Gasteiger partial charge in [0.1, 0.15) is 10.1 Å². The van der Waals surface area contributed by atoms with Gasteiger partial charge in [-0.2, -0.15) is 0 Å². The molecular weight excluding hydrogens is 340 g/mol. The summed E-state index contributed by atoms with van der Waals surface area (Å²) in [5, 5.41) is 2.93. The molecule has 124 valence electrons. The number of thioether (sulfide) groups is 2. The first-order valence-electron chi connectivity index (χ1n) is 7.57. The molecule has 0 aromatic heterocycles. The maximum absolute atomic E-state index is 12.1. The minimum absolute atomic E-state index is 0.00642. The maximum atomic E-state index is 12.1. The second-order valence-electron chi connectivity index (χ2n) is 5.17. The van der Waals surface area contributed by atoms with Crippen LogP contribution in [-0.4, -0.2) is 23.1 Å². The summed E-state index contributed by atoms with van der Waals surface area (Å²) in [4.78, 5) is 16.7. The summed E-state index contributed by atoms with van der Waals surface area (Å²) in [6.07, 6.45) is 0. The molecule has 1 N–H and O–H groups in total. The largest absolute Gasteiger partial charge is 0.496 e. The van der Waals surface area contributed by atoms with Gasteiger partial charge in [0, 0.05) is 17.9 Å². The first-order chi connectivity index (χ1) is 11.8. The molecule has 0 saturated carbocycles. The van der Waals surface area contributed by atoms with Gasteiger partial charge in [0.25, 0.3) is 0 Å². The van der Waals surface area contributed by atoms with E-state index in [1.165, 1.54) is 17.3 Å². The number of amides is 1. The lowest BCUT2D eigenvalue weighted by Gasteiger charge is -2.14. The molecule has 1 aliphatic heterocycles. The van der Waals surface area contributed by atoms with E-state index in [1.54, 1.807) is 18.9 Å². The molecule has 0 radical (unpaired) electrons. The predicted molar refractivity (Wildman–Crippen MR) is 102 cm³/mol. The highest BCUT2D eigenvalue weighted by molar-refractivity contribution is 8.38. The van der Waals surface area contributed by atoms with Gasteiger partial charge >= 0.3 is 0 Å². The number of hydrogen-bond acceptors (Lipinski definition) is 5. The van der Waals surface area contributed by atoms with Crippen molar-refractivity contribution >= 4 is 39.5 Å². The van der Waals surface area contributed by atoms with Crippen LogP contribution in [-0.2, 0) is 17.1 Å². The third-order valence-corrected chi connectivity index (χ3v) is 5.80. The molecular formula is C18H18N2O2S2. The van der Waals surface area contributed by atoms with E-state index in [1.807, 2.05) is 42.5 Å². The van der Waals surface area contributed by atoms with Crippen molar-refractivity contribution in [3.05, 3.63) is 59.7 Å². The average Bonchev–Trinajstić information content (AvgIpc) is 2.64. The minimum atomic E-state index is -0.00642. The molecule has 4 nitrogen and oxygen atoms in total. The molecule has 1 heterocycles. The van der Waals surface area contributed by atoms with E-state index < -0.39 is 0 Å². The second kappa shape index (κ2) is 8.26. The number of hydrogen-bond donors (Lipinski definition) is 1. The van der Waals surface area contributed by atoms with E-state index in [4.69, 9.17) is 4.74 Å². The van der Waals surface area contributed by atoms with E-state index in [9.17, 15) is 4.79 Å². The monoisotopic (exact) mass is 358 g/mol. The fourth-order valence-corrected chi connectivity index (χ4v) is 4.20. The Morgan fingerprint density at radius 2 is 2.04 bits per heavy atom. The zero-order valence-corrected chi connectivity index (χ0v) is 15.0. The van der Waals surface area contributed by atoms with Crippen LogP contribution in [0, 0.1) is 0 Å². The van der Waals surface area contributed by atoms with Crippen molar-refractivity contribution in [2.75, 3.05) is 12.9 Å². The first kappa shape index (κ1) is 16.9. The van der Waals surface area contributed by atoms with Crippen LogP contribution in [0.3, 0.4) is 0 Å². The Morgan fingerprint density at radius 3 is 2.92 bits per heavy atom. The molecule has 0 atom stereocenters. The van der Waals surface area contributed by atoms with E-state index >= 15 is 0 Å². The summed E-state index contributed by atoms with van der Waals surface area (Å²) in [6, 6.07) is 15.8. The second-order valence-corrected chi connectivity index (χ2v) is 7.36. The van der Waals surface area contributed by atoms with Crippen molar-refractivity contribution in [2.24, 2.45) is 4.99 Å². The Labute approximate surface area is 150 Å². The molecule has 1 amide bonds. The molecule has 2 aromatic carbocycles. The Kier molecular flexibility index (Phi) is 5.82. The molecule has 0 bridgehead atoms. The third kappa shape index (κ3) is 4.33. The zero-order valence-electron chi connectivity index (χ0n) is 13.3. The molecule has 1 aliphatic rings. The van der Waals surface area contributed by atoms with Gasteiger partial charge in [-0.25, -0.2) is 4.99 Å². The highest BCUT2D eigenvalue weighted by Gasteiger charge is 2.14. The lowest BCUT2D eigenvalue weighted by Crippen LogP contribution is -2.25. The summed E-state index contributed by atoms with van der Waals surface area (Å²) >= 11 is 3.17. The average molecular weight is 358 g/mol. The van der Waals surface area contributed by atoms with Gasteiger partial charge in [-0.05, 0) is 17.7 Å². The van der Waals surface area contributed by atoms with Gasteiger partial charge in [0.05, 0.1) is 18.6 Å². The van der Waals surface area contributed by atoms with E-state index in [2.05, 4.69) is 16.4 Å². The van der Waals surface area contributed by atoms with Crippen LogP contribution in [0.2, 0.25) is 0 Å². The zero-order chi connectivity index (χ0) is 16.8. The summed E-state index contributed by atoms with van der Waals surface area (Å²) in [6.45, 7) is 0.464. The van der Waals surface area contributed by atoms with Crippen LogP contribution in [0.15, 0.2) is 53.5 Å². The summed E-state index contributed by atoms with van der Waals surface area (Å²) in [5.41, 5.74) is 3.22. The van der Waals surface area contributed by atoms with Crippen molar-refractivity contribution in [3.8, 4) is 5.75 Å². The number of benzene rings is 2. The van der Waals surface area contributed by atoms with E-state index in [0.717, 1.165) is 27.1 Å². The lowest BCUT2D eigenvalue weighted by atomic mass is 10.2. The SMILES string of the molecule is COc1ccccc1CNC(=O)CSC1=Nc2ccccc2CS1. The molecule has 0 spiro atoms. The van der Waals surface area contributed by atoms with Crippen LogP contribution in [0.1, 0.15) is 11.1 Å². The number of rotatable bonds is 5. The van der Waals surface area contributed by atoms with E-state index in [-0.39, 0.29) is 5.91 Å². The Bertz CT molecular complexity index is 762. The van der Waals surface area contributed by atoms with Gasteiger partial charge in [0.2, 0.25) is 5.91 Å². The minimum Gasteiger partial charge on any atom is -0.496 e. The van der Waals surface area contributed by atoms with Crippen molar-refractivity contribution < 1.29 is 9.53 Å². The van der Waals surface area contributed by atoms with Crippen LogP contribution >= 0.6 is 23.5 Å². The molecule has 0 fully saturated rings. The van der Waals surface area contributed by atoms with Crippen LogP contribution in [0.25, 0.3) is 0 Å². The number of carbonyl (C=O) groups excluding carboxylic acids is 1. The number of fused-ring (bicyclic) bond motifs is 1. The normalized spacial score (nSPS) is 13.0. The molecule has 0 aliphatic carbocycles. The number of aliphatic imine (C=N–C) groups is 1. The molecule has 6 heteroatoms. The molecule has 3 rings (SSSR count). The topological polar surface area (TPSA) is 50.7 Å². The van der Waals surface area contributed by atoms with Crippen LogP contribution in [0.4, 0.5) is 5.69 Å². The fourth-order valence-electron chi connectivity index (χ4n) is 2.31. The van der Waals surface area contributed by atoms with Crippen LogP contribution in [0.5, 0.6) is 5.75 Å². The third-order valence-electron chi connectivity index (χ3n) is 3.55. The van der Waals surface area contributed by atoms with Gasteiger partial charge in [-0.15, -0.1) is 0 Å². The molecule has 24 heavy (non-hydrogen) atoms. The number of nitrogens with one attached hydrogen (secondary N) is 1. The smallest absolute Gasteiger partial charge is 0.230 e. The first-order valence-corrected chi connectivity index (χ1v) is 9.54. The Hall–Kier alpha value is -1.92. The van der Waals surface area contributed by atoms with Crippen LogP contribution < -0.4 is 10.1 Å². The lowest BCUT2D eigenvalue weighted by molar-refractivity contribution is -0.118. The maximum Gasteiger partial charge on any atom is 0.230 e. The number of para-hydroxylation sites is 2. The Morgan fingerprint density at radius 1 is 1.25 bits per heavy atom. The summed E-state index contributed by atoms with van der Waals surface area (Å²) < 4.78 is 6.23. The van der Waals surface area contributed by atoms with E-state index in [0.29, 0.717) is 12.3 Å².